The highest BCUT2D eigenvalue weighted by Crippen LogP contribution is 2.27. The predicted molar refractivity (Wildman–Crippen MR) is 92.5 cm³/mol. The van der Waals surface area contributed by atoms with E-state index in [2.05, 4.69) is 20.3 Å². The van der Waals surface area contributed by atoms with Crippen LogP contribution in [0.3, 0.4) is 0 Å². The second-order valence-corrected chi connectivity index (χ2v) is 6.86. The van der Waals surface area contributed by atoms with Crippen LogP contribution in [0.1, 0.15) is 13.3 Å². The van der Waals surface area contributed by atoms with Gasteiger partial charge in [0.15, 0.2) is 0 Å². The van der Waals surface area contributed by atoms with Gasteiger partial charge in [0.2, 0.25) is 11.0 Å². The molecule has 0 bridgehead atoms. The Balaban J connectivity index is 1.98. The molecule has 0 fully saturated rings. The molecule has 24 heavy (non-hydrogen) atoms. The van der Waals surface area contributed by atoms with Crippen LogP contribution in [0.5, 0.6) is 0 Å². The number of aromatic nitrogens is 2. The Labute approximate surface area is 146 Å². The molecule has 0 aliphatic heterocycles. The fourth-order valence-electron chi connectivity index (χ4n) is 1.78. The molecule has 1 atom stereocenters. The molecule has 0 aliphatic rings. The first-order valence-corrected chi connectivity index (χ1v) is 8.98. The lowest BCUT2D eigenvalue weighted by Crippen LogP contribution is -2.25. The average Bonchev–Trinajstić information content (AvgIpc) is 3.04. The molecule has 1 aromatic heterocycles. The number of hydrogen-bond acceptors (Lipinski definition) is 7. The van der Waals surface area contributed by atoms with Gasteiger partial charge in [-0.15, -0.1) is 22.0 Å². The third-order valence-corrected chi connectivity index (χ3v) is 5.28. The quantitative estimate of drug-likeness (QED) is 0.756. The Morgan fingerprint density at radius 3 is 2.67 bits per heavy atom. The lowest BCUT2D eigenvalue weighted by atomic mass is 10.2. The zero-order valence-electron chi connectivity index (χ0n) is 13.1. The van der Waals surface area contributed by atoms with E-state index < -0.39 is 0 Å². The van der Waals surface area contributed by atoms with E-state index in [1.807, 2.05) is 6.92 Å². The number of halogens is 1. The van der Waals surface area contributed by atoms with Gasteiger partial charge in [-0.2, -0.15) is 0 Å². The number of methoxy groups -OCH3 is 1. The summed E-state index contributed by atoms with van der Waals surface area (Å²) in [7, 11) is 1.31. The Hall–Kier alpha value is -2.00. The van der Waals surface area contributed by atoms with Crippen LogP contribution in [-0.4, -0.2) is 40.2 Å². The number of nitrogens with zero attached hydrogens (tertiary/aromatic N) is 2. The molecule has 2 rings (SSSR count). The first-order chi connectivity index (χ1) is 11.5. The number of carbonyl (C=O) groups excluding carboxylic acids is 2. The number of carbonyl (C=O) groups is 2. The summed E-state index contributed by atoms with van der Waals surface area (Å²) < 4.78 is 17.5. The van der Waals surface area contributed by atoms with Crippen LogP contribution in [0.15, 0.2) is 24.3 Å². The minimum atomic E-state index is -0.387. The molecular weight excluding hydrogens is 353 g/mol. The fourth-order valence-corrected chi connectivity index (χ4v) is 3.43. The zero-order valence-corrected chi connectivity index (χ0v) is 14.7. The normalized spacial score (nSPS) is 11.8. The highest BCUT2D eigenvalue weighted by atomic mass is 32.2. The molecule has 1 heterocycles. The van der Waals surface area contributed by atoms with Crippen LogP contribution in [-0.2, 0) is 14.3 Å². The van der Waals surface area contributed by atoms with E-state index in [0.29, 0.717) is 16.6 Å². The molecule has 0 aliphatic carbocycles. The van der Waals surface area contributed by atoms with Crippen LogP contribution in [0, 0.1) is 5.82 Å². The number of ether oxygens (including phenoxy) is 1. The van der Waals surface area contributed by atoms with E-state index in [1.165, 1.54) is 42.3 Å². The number of nitrogens with one attached hydrogen (secondary N) is 1. The topological polar surface area (TPSA) is 81.2 Å². The van der Waals surface area contributed by atoms with Gasteiger partial charge in [-0.1, -0.05) is 18.3 Å². The largest absolute Gasteiger partial charge is 0.468 e. The number of hydrogen-bond donors (Lipinski definition) is 1. The zero-order chi connectivity index (χ0) is 17.5. The Bertz CT molecular complexity index is 706. The summed E-state index contributed by atoms with van der Waals surface area (Å²) in [6.07, 6.45) is 0.567. The van der Waals surface area contributed by atoms with Crippen molar-refractivity contribution in [1.29, 1.82) is 0 Å². The van der Waals surface area contributed by atoms with Crippen molar-refractivity contribution >= 4 is 40.1 Å². The second kappa shape index (κ2) is 8.74. The highest BCUT2D eigenvalue weighted by molar-refractivity contribution is 8.01. The molecule has 1 amide bonds. The van der Waals surface area contributed by atoms with Gasteiger partial charge in [-0.25, -0.2) is 4.39 Å². The number of amides is 1. The molecule has 6 nitrogen and oxygen atoms in total. The van der Waals surface area contributed by atoms with Gasteiger partial charge >= 0.3 is 5.97 Å². The van der Waals surface area contributed by atoms with Crippen LogP contribution < -0.4 is 5.32 Å². The number of anilines is 1. The van der Waals surface area contributed by atoms with Gasteiger partial charge in [0.05, 0.1) is 18.1 Å². The van der Waals surface area contributed by atoms with Gasteiger partial charge in [-0.3, -0.25) is 14.9 Å². The third-order valence-electron chi connectivity index (χ3n) is 3.04. The number of benzene rings is 1. The third kappa shape index (κ3) is 5.00. The first-order valence-electron chi connectivity index (χ1n) is 7.12. The molecule has 0 saturated carbocycles. The minimum absolute atomic E-state index is 0.110. The number of thioether (sulfide) groups is 1. The molecule has 1 aromatic carbocycles. The smallest absolute Gasteiger partial charge is 0.315 e. The predicted octanol–water partition coefficient (Wildman–Crippen LogP) is 2.97. The van der Waals surface area contributed by atoms with Gasteiger partial charge in [-0.05, 0) is 30.7 Å². The summed E-state index contributed by atoms with van der Waals surface area (Å²) in [6, 6.07) is 5.88. The monoisotopic (exact) mass is 369 g/mol. The van der Waals surface area contributed by atoms with Gasteiger partial charge in [0.25, 0.3) is 0 Å². The summed E-state index contributed by atoms with van der Waals surface area (Å²) >= 11 is 2.41. The van der Waals surface area contributed by atoms with Gasteiger partial charge < -0.3 is 4.74 Å². The molecule has 2 aromatic rings. The molecule has 0 saturated heterocycles. The molecule has 1 N–H and O–H groups in total. The summed E-state index contributed by atoms with van der Waals surface area (Å²) in [5, 5.41) is 11.2. The fraction of sp³-hybridized carbons (Fsp3) is 0.333. The van der Waals surface area contributed by atoms with Crippen LogP contribution >= 0.6 is 23.1 Å². The molecule has 0 unspecified atom stereocenters. The van der Waals surface area contributed by atoms with Crippen molar-refractivity contribution in [2.24, 2.45) is 0 Å². The maximum atomic E-state index is 12.9. The lowest BCUT2D eigenvalue weighted by Gasteiger charge is -2.12. The van der Waals surface area contributed by atoms with Crippen LogP contribution in [0.2, 0.25) is 0 Å². The summed E-state index contributed by atoms with van der Waals surface area (Å²) in [5.74, 6) is -0.835. The van der Waals surface area contributed by atoms with Crippen LogP contribution in [0.25, 0.3) is 10.6 Å². The maximum Gasteiger partial charge on any atom is 0.315 e. The van der Waals surface area contributed by atoms with Crippen molar-refractivity contribution in [1.82, 2.24) is 10.2 Å². The van der Waals surface area contributed by atoms with E-state index in [4.69, 9.17) is 0 Å². The van der Waals surface area contributed by atoms with Crippen LogP contribution in [0.4, 0.5) is 9.52 Å². The molecule has 0 spiro atoms. The molecular formula is C15H16FN3O3S2. The van der Waals surface area contributed by atoms with E-state index >= 15 is 0 Å². The standard InChI is InChI=1S/C15H16FN3O3S2/c1-3-11(23-8-12(20)22-2)13(21)17-15-19-18-14(24-15)9-4-6-10(16)7-5-9/h4-7,11H,3,8H2,1-2H3,(H,17,19,21)/t11-/m1/s1. The Morgan fingerprint density at radius 1 is 1.33 bits per heavy atom. The summed E-state index contributed by atoms with van der Waals surface area (Å²) in [6.45, 7) is 1.86. The van der Waals surface area contributed by atoms with E-state index in [0.717, 1.165) is 5.56 Å². The van der Waals surface area contributed by atoms with Gasteiger partial charge in [0, 0.05) is 5.56 Å². The van der Waals surface area contributed by atoms with Crippen molar-refractivity contribution in [2.45, 2.75) is 18.6 Å². The molecule has 128 valence electrons. The van der Waals surface area contributed by atoms with Crippen molar-refractivity contribution in [2.75, 3.05) is 18.2 Å². The summed E-state index contributed by atoms with van der Waals surface area (Å²) in [5.41, 5.74) is 0.724. The maximum absolute atomic E-state index is 12.9. The lowest BCUT2D eigenvalue weighted by molar-refractivity contribution is -0.137. The van der Waals surface area contributed by atoms with E-state index in [1.54, 1.807) is 12.1 Å². The van der Waals surface area contributed by atoms with Gasteiger partial charge in [0.1, 0.15) is 10.8 Å². The highest BCUT2D eigenvalue weighted by Gasteiger charge is 2.20. The van der Waals surface area contributed by atoms with E-state index in [-0.39, 0.29) is 28.7 Å². The average molecular weight is 369 g/mol. The van der Waals surface area contributed by atoms with Crippen molar-refractivity contribution in [3.63, 3.8) is 0 Å². The minimum Gasteiger partial charge on any atom is -0.468 e. The SMILES string of the molecule is CC[C@@H](SCC(=O)OC)C(=O)Nc1nnc(-c2ccc(F)cc2)s1. The molecule has 0 radical (unpaired) electrons. The molecule has 9 heteroatoms. The van der Waals surface area contributed by atoms with E-state index in [9.17, 15) is 14.0 Å². The summed E-state index contributed by atoms with van der Waals surface area (Å²) in [4.78, 5) is 23.4. The number of esters is 1. The van der Waals surface area contributed by atoms with Crippen molar-refractivity contribution < 1.29 is 18.7 Å². The van der Waals surface area contributed by atoms with Crippen molar-refractivity contribution in [3.05, 3.63) is 30.1 Å². The number of rotatable bonds is 7. The van der Waals surface area contributed by atoms with Crippen molar-refractivity contribution in [3.8, 4) is 10.6 Å². The Morgan fingerprint density at radius 2 is 2.04 bits per heavy atom. The second-order valence-electron chi connectivity index (χ2n) is 4.69. The Kier molecular flexibility index (Phi) is 6.68. The first kappa shape index (κ1) is 18.3.